The smallest absolute Gasteiger partial charge is 0.272 e. The number of thioether (sulfide) groups is 1. The van der Waals surface area contributed by atoms with E-state index in [0.29, 0.717) is 57.8 Å². The minimum atomic E-state index is -0.111. The molecule has 36 heavy (non-hydrogen) atoms. The van der Waals surface area contributed by atoms with Gasteiger partial charge in [0.05, 0.1) is 25.5 Å². The third-order valence-corrected chi connectivity index (χ3v) is 7.70. The number of fused-ring (bicyclic) bond motifs is 1. The number of ether oxygens (including phenoxy) is 2. The monoisotopic (exact) mass is 543 g/mol. The quantitative estimate of drug-likeness (QED) is 0.216. The number of nitrogens with zero attached hydrogens (tertiary/aromatic N) is 2. The lowest BCUT2D eigenvalue weighted by atomic mass is 10.1. The molecule has 0 aliphatic rings. The summed E-state index contributed by atoms with van der Waals surface area (Å²) >= 11 is 8.56. The van der Waals surface area contributed by atoms with Crippen LogP contribution in [0.3, 0.4) is 0 Å². The molecule has 0 aliphatic carbocycles. The van der Waals surface area contributed by atoms with Gasteiger partial charge in [-0.2, -0.15) is 0 Å². The first-order chi connectivity index (χ1) is 17.5. The summed E-state index contributed by atoms with van der Waals surface area (Å²) in [5.74, 6) is 1.34. The van der Waals surface area contributed by atoms with Gasteiger partial charge in [-0.15, -0.1) is 11.3 Å². The van der Waals surface area contributed by atoms with Gasteiger partial charge < -0.3 is 14.8 Å². The van der Waals surface area contributed by atoms with E-state index in [1.165, 1.54) is 23.1 Å². The molecule has 0 fully saturated rings. The Labute approximate surface area is 222 Å². The van der Waals surface area contributed by atoms with E-state index in [1.807, 2.05) is 53.9 Å². The van der Waals surface area contributed by atoms with Crippen LogP contribution >= 0.6 is 34.7 Å². The molecule has 2 heterocycles. The van der Waals surface area contributed by atoms with Crippen LogP contribution in [0.1, 0.15) is 11.1 Å². The number of halogens is 1. The predicted molar refractivity (Wildman–Crippen MR) is 146 cm³/mol. The fraction of sp³-hybridized carbons (Fsp3) is 0.269. The van der Waals surface area contributed by atoms with Gasteiger partial charge in [0.25, 0.3) is 5.56 Å². The highest BCUT2D eigenvalue weighted by atomic mass is 35.5. The molecule has 0 aliphatic heterocycles. The average molecular weight is 544 g/mol. The van der Waals surface area contributed by atoms with E-state index in [9.17, 15) is 9.59 Å². The second kappa shape index (κ2) is 12.3. The minimum Gasteiger partial charge on any atom is -0.493 e. The zero-order valence-corrected chi connectivity index (χ0v) is 22.3. The second-order valence-corrected chi connectivity index (χ2v) is 10.2. The van der Waals surface area contributed by atoms with Crippen molar-refractivity contribution in [3.05, 3.63) is 80.4 Å². The van der Waals surface area contributed by atoms with E-state index in [0.717, 1.165) is 11.1 Å². The average Bonchev–Trinajstić information content (AvgIpc) is 3.37. The van der Waals surface area contributed by atoms with Crippen LogP contribution in [-0.4, -0.2) is 42.0 Å². The molecule has 0 unspecified atom stereocenters. The highest BCUT2D eigenvalue weighted by Gasteiger charge is 2.15. The molecule has 1 amide bonds. The Bertz CT molecular complexity index is 1400. The Morgan fingerprint density at radius 1 is 1.06 bits per heavy atom. The Balaban J connectivity index is 1.43. The number of aryl methyl sites for hydroxylation is 1. The van der Waals surface area contributed by atoms with Crippen molar-refractivity contribution in [1.82, 2.24) is 14.9 Å². The molecule has 7 nitrogen and oxygen atoms in total. The first-order valence-electron chi connectivity index (χ1n) is 11.3. The highest BCUT2D eigenvalue weighted by molar-refractivity contribution is 7.99. The van der Waals surface area contributed by atoms with E-state index in [1.54, 1.807) is 18.8 Å². The van der Waals surface area contributed by atoms with Gasteiger partial charge in [0.1, 0.15) is 4.70 Å². The van der Waals surface area contributed by atoms with Gasteiger partial charge in [0.2, 0.25) is 5.91 Å². The van der Waals surface area contributed by atoms with Gasteiger partial charge in [-0.25, -0.2) is 4.98 Å². The van der Waals surface area contributed by atoms with Crippen LogP contribution in [0.5, 0.6) is 11.5 Å². The number of rotatable bonds is 11. The molecule has 2 aromatic carbocycles. The molecular weight excluding hydrogens is 518 g/mol. The number of carbonyl (C=O) groups excluding carboxylic acids is 1. The summed E-state index contributed by atoms with van der Waals surface area (Å²) in [4.78, 5) is 30.4. The van der Waals surface area contributed by atoms with Crippen molar-refractivity contribution in [3.8, 4) is 11.5 Å². The van der Waals surface area contributed by atoms with E-state index in [-0.39, 0.29) is 17.2 Å². The van der Waals surface area contributed by atoms with Crippen LogP contribution in [-0.2, 0) is 24.2 Å². The molecule has 10 heteroatoms. The molecule has 0 spiro atoms. The fourth-order valence-electron chi connectivity index (χ4n) is 3.69. The Kier molecular flexibility index (Phi) is 8.90. The standard InChI is InChI=1S/C26H26ClN3O4S2/c1-33-21-8-5-18(15-22(21)34-2)10-13-30-25(32)24-20(11-14-35-24)29-26(30)36-16-23(31)28-12-9-17-3-6-19(27)7-4-17/h3-8,11,14-15H,9-10,12-13,16H2,1-2H3,(H,28,31). The van der Waals surface area contributed by atoms with Crippen LogP contribution in [0.2, 0.25) is 5.02 Å². The number of nitrogens with one attached hydrogen (secondary N) is 1. The van der Waals surface area contributed by atoms with Gasteiger partial charge in [-0.1, -0.05) is 41.6 Å². The number of benzene rings is 2. The number of hydrogen-bond acceptors (Lipinski definition) is 7. The molecule has 4 rings (SSSR count). The predicted octanol–water partition coefficient (Wildman–Crippen LogP) is 4.82. The number of aromatic nitrogens is 2. The van der Waals surface area contributed by atoms with Crippen molar-refractivity contribution >= 4 is 50.8 Å². The van der Waals surface area contributed by atoms with Gasteiger partial charge >= 0.3 is 0 Å². The van der Waals surface area contributed by atoms with Gasteiger partial charge in [0, 0.05) is 18.1 Å². The van der Waals surface area contributed by atoms with Crippen LogP contribution in [0, 0.1) is 0 Å². The molecule has 4 aromatic rings. The van der Waals surface area contributed by atoms with Crippen LogP contribution in [0.25, 0.3) is 10.2 Å². The highest BCUT2D eigenvalue weighted by Crippen LogP contribution is 2.28. The molecule has 0 radical (unpaired) electrons. The maximum absolute atomic E-state index is 13.2. The largest absolute Gasteiger partial charge is 0.493 e. The molecule has 0 saturated heterocycles. The summed E-state index contributed by atoms with van der Waals surface area (Å²) in [5.41, 5.74) is 2.65. The van der Waals surface area contributed by atoms with Crippen molar-refractivity contribution in [2.75, 3.05) is 26.5 Å². The van der Waals surface area contributed by atoms with E-state index < -0.39 is 0 Å². The number of thiophene rings is 1. The number of hydrogen-bond donors (Lipinski definition) is 1. The number of methoxy groups -OCH3 is 2. The van der Waals surface area contributed by atoms with Crippen molar-refractivity contribution < 1.29 is 14.3 Å². The van der Waals surface area contributed by atoms with Gasteiger partial charge in [-0.3, -0.25) is 14.2 Å². The third-order valence-electron chi connectivity index (χ3n) is 5.58. The molecule has 0 saturated carbocycles. The normalized spacial score (nSPS) is 11.0. The van der Waals surface area contributed by atoms with E-state index in [4.69, 9.17) is 21.1 Å². The van der Waals surface area contributed by atoms with E-state index in [2.05, 4.69) is 10.3 Å². The Morgan fingerprint density at radius 3 is 2.56 bits per heavy atom. The lowest BCUT2D eigenvalue weighted by Gasteiger charge is -2.13. The molecule has 0 bridgehead atoms. The summed E-state index contributed by atoms with van der Waals surface area (Å²) in [6, 6.07) is 15.1. The van der Waals surface area contributed by atoms with Crippen molar-refractivity contribution in [1.29, 1.82) is 0 Å². The lowest BCUT2D eigenvalue weighted by molar-refractivity contribution is -0.118. The van der Waals surface area contributed by atoms with Crippen molar-refractivity contribution in [2.24, 2.45) is 0 Å². The summed E-state index contributed by atoms with van der Waals surface area (Å²) in [5, 5.41) is 6.00. The summed E-state index contributed by atoms with van der Waals surface area (Å²) in [6.45, 7) is 0.944. The molecule has 188 valence electrons. The number of amides is 1. The van der Waals surface area contributed by atoms with Crippen LogP contribution in [0.4, 0.5) is 0 Å². The van der Waals surface area contributed by atoms with Gasteiger partial charge in [-0.05, 0) is 59.7 Å². The Hall–Kier alpha value is -3.01. The van der Waals surface area contributed by atoms with E-state index >= 15 is 0 Å². The van der Waals surface area contributed by atoms with Crippen molar-refractivity contribution in [2.45, 2.75) is 24.5 Å². The fourth-order valence-corrected chi connectivity index (χ4v) is 5.45. The summed E-state index contributed by atoms with van der Waals surface area (Å²) in [7, 11) is 3.19. The molecule has 1 N–H and O–H groups in total. The lowest BCUT2D eigenvalue weighted by Crippen LogP contribution is -2.28. The Morgan fingerprint density at radius 2 is 1.81 bits per heavy atom. The maximum atomic E-state index is 13.2. The van der Waals surface area contributed by atoms with Crippen LogP contribution in [0.15, 0.2) is 63.9 Å². The maximum Gasteiger partial charge on any atom is 0.272 e. The first kappa shape index (κ1) is 26.1. The van der Waals surface area contributed by atoms with Crippen molar-refractivity contribution in [3.63, 3.8) is 0 Å². The van der Waals surface area contributed by atoms with Crippen LogP contribution < -0.4 is 20.3 Å². The topological polar surface area (TPSA) is 82.5 Å². The zero-order valence-electron chi connectivity index (χ0n) is 20.0. The van der Waals surface area contributed by atoms with Gasteiger partial charge in [0.15, 0.2) is 16.7 Å². The second-order valence-electron chi connectivity index (χ2n) is 7.94. The molecular formula is C26H26ClN3O4S2. The summed E-state index contributed by atoms with van der Waals surface area (Å²) < 4.78 is 13.0. The summed E-state index contributed by atoms with van der Waals surface area (Å²) in [6.07, 6.45) is 1.31. The third kappa shape index (κ3) is 6.40. The minimum absolute atomic E-state index is 0.0962. The number of carbonyl (C=O) groups is 1. The first-order valence-corrected chi connectivity index (χ1v) is 13.6. The SMILES string of the molecule is COc1ccc(CCn2c(SCC(=O)NCCc3ccc(Cl)cc3)nc3ccsc3c2=O)cc1OC. The molecule has 2 aromatic heterocycles. The zero-order chi connectivity index (χ0) is 25.5. The molecule has 0 atom stereocenters.